The molecule has 1 aliphatic heterocycles. The zero-order chi connectivity index (χ0) is 9.38. The van der Waals surface area contributed by atoms with Crippen LogP contribution in [0.25, 0.3) is 0 Å². The molecular weight excluding hydrogens is 174 g/mol. The molecule has 2 N–H and O–H groups in total. The molecule has 1 aromatic heterocycles. The minimum Gasteiger partial charge on any atom is -0.378 e. The number of rotatable bonds is 0. The second-order valence-corrected chi connectivity index (χ2v) is 4.21. The van der Waals surface area contributed by atoms with Gasteiger partial charge in [-0.25, -0.2) is 0 Å². The average Bonchev–Trinajstić information content (AvgIpc) is 2.26. The van der Waals surface area contributed by atoms with Crippen molar-refractivity contribution in [2.24, 2.45) is 0 Å². The molecule has 2 aliphatic rings. The molecule has 0 saturated heterocycles. The summed E-state index contributed by atoms with van der Waals surface area (Å²) in [5.74, 6) is 0. The Morgan fingerprint density at radius 1 is 1.07 bits per heavy atom. The van der Waals surface area contributed by atoms with E-state index in [9.17, 15) is 0 Å². The molecule has 74 valence electrons. The number of fused-ring (bicyclic) bond motifs is 2. The van der Waals surface area contributed by atoms with E-state index in [2.05, 4.69) is 15.6 Å². The fourth-order valence-corrected chi connectivity index (χ4v) is 2.51. The van der Waals surface area contributed by atoms with E-state index < -0.39 is 0 Å². The number of pyridine rings is 1. The Morgan fingerprint density at radius 2 is 1.79 bits per heavy atom. The Labute approximate surface area is 83.9 Å². The summed E-state index contributed by atoms with van der Waals surface area (Å²) in [7, 11) is 0. The molecule has 0 bridgehead atoms. The van der Waals surface area contributed by atoms with Gasteiger partial charge in [0, 0.05) is 18.3 Å². The van der Waals surface area contributed by atoms with Gasteiger partial charge >= 0.3 is 0 Å². The summed E-state index contributed by atoms with van der Waals surface area (Å²) in [4.78, 5) is 4.13. The lowest BCUT2D eigenvalue weighted by Gasteiger charge is -2.38. The molecule has 1 saturated carbocycles. The molecule has 14 heavy (non-hydrogen) atoms. The number of nitrogens with zero attached hydrogens (tertiary/aromatic N) is 1. The van der Waals surface area contributed by atoms with Crippen LogP contribution in [0.3, 0.4) is 0 Å². The van der Waals surface area contributed by atoms with Gasteiger partial charge in [0.2, 0.25) is 0 Å². The Bertz CT molecular complexity index is 304. The molecule has 3 rings (SSSR count). The van der Waals surface area contributed by atoms with Crippen LogP contribution in [0.5, 0.6) is 0 Å². The summed E-state index contributed by atoms with van der Waals surface area (Å²) < 4.78 is 0. The van der Waals surface area contributed by atoms with Crippen LogP contribution in [0.4, 0.5) is 11.4 Å². The van der Waals surface area contributed by atoms with Crippen LogP contribution in [0.2, 0.25) is 0 Å². The second-order valence-electron chi connectivity index (χ2n) is 4.21. The first kappa shape index (κ1) is 8.09. The van der Waals surface area contributed by atoms with Crippen molar-refractivity contribution in [3.05, 3.63) is 18.5 Å². The molecule has 2 atom stereocenters. The largest absolute Gasteiger partial charge is 0.378 e. The Hall–Kier alpha value is -1.25. The van der Waals surface area contributed by atoms with Gasteiger partial charge in [-0.1, -0.05) is 12.8 Å². The topological polar surface area (TPSA) is 37.0 Å². The van der Waals surface area contributed by atoms with Crippen LogP contribution in [-0.2, 0) is 0 Å². The van der Waals surface area contributed by atoms with Gasteiger partial charge < -0.3 is 10.6 Å². The molecule has 1 aromatic rings. The maximum absolute atomic E-state index is 4.13. The van der Waals surface area contributed by atoms with Gasteiger partial charge in [0.15, 0.2) is 0 Å². The summed E-state index contributed by atoms with van der Waals surface area (Å²) >= 11 is 0. The van der Waals surface area contributed by atoms with E-state index in [-0.39, 0.29) is 0 Å². The maximum Gasteiger partial charge on any atom is 0.0765 e. The van der Waals surface area contributed by atoms with Crippen LogP contribution < -0.4 is 10.6 Å². The molecule has 0 amide bonds. The molecule has 0 spiro atoms. The normalized spacial score (nSPS) is 29.4. The first-order valence-electron chi connectivity index (χ1n) is 5.40. The van der Waals surface area contributed by atoms with Crippen molar-refractivity contribution in [3.63, 3.8) is 0 Å². The van der Waals surface area contributed by atoms with Gasteiger partial charge in [-0.15, -0.1) is 0 Å². The van der Waals surface area contributed by atoms with E-state index in [0.29, 0.717) is 12.1 Å². The summed E-state index contributed by atoms with van der Waals surface area (Å²) in [6.07, 6.45) is 9.04. The zero-order valence-electron chi connectivity index (χ0n) is 8.16. The summed E-state index contributed by atoms with van der Waals surface area (Å²) in [5, 5.41) is 7.17. The Kier molecular flexibility index (Phi) is 1.82. The minimum atomic E-state index is 0.612. The van der Waals surface area contributed by atoms with Crippen LogP contribution in [-0.4, -0.2) is 17.1 Å². The van der Waals surface area contributed by atoms with Crippen molar-refractivity contribution in [1.82, 2.24) is 4.98 Å². The second kappa shape index (κ2) is 3.15. The van der Waals surface area contributed by atoms with E-state index in [1.165, 1.54) is 31.4 Å². The molecule has 2 heterocycles. The van der Waals surface area contributed by atoms with Crippen molar-refractivity contribution in [1.29, 1.82) is 0 Å². The van der Waals surface area contributed by atoms with Gasteiger partial charge in [-0.2, -0.15) is 0 Å². The summed E-state index contributed by atoms with van der Waals surface area (Å²) in [6.45, 7) is 0. The number of hydrogen-bond acceptors (Lipinski definition) is 3. The highest BCUT2D eigenvalue weighted by Crippen LogP contribution is 2.33. The molecule has 1 aliphatic carbocycles. The lowest BCUT2D eigenvalue weighted by Crippen LogP contribution is -2.45. The van der Waals surface area contributed by atoms with Gasteiger partial charge in [0.05, 0.1) is 17.6 Å². The number of anilines is 2. The minimum absolute atomic E-state index is 0.612. The highest BCUT2D eigenvalue weighted by atomic mass is 15.1. The SMILES string of the molecule is c1cc2c(cn1)N[C@@H]1CCCC[C@@H]1N2. The first-order chi connectivity index (χ1) is 6.93. The third kappa shape index (κ3) is 1.24. The summed E-state index contributed by atoms with van der Waals surface area (Å²) in [5.41, 5.74) is 2.37. The number of hydrogen-bond donors (Lipinski definition) is 2. The molecule has 1 fully saturated rings. The molecule has 0 aromatic carbocycles. The van der Waals surface area contributed by atoms with Crippen molar-refractivity contribution < 1.29 is 0 Å². The van der Waals surface area contributed by atoms with Gasteiger partial charge in [-0.05, 0) is 18.9 Å². The number of nitrogens with one attached hydrogen (secondary N) is 2. The molecular formula is C11H15N3. The third-order valence-corrected chi connectivity index (χ3v) is 3.27. The van der Waals surface area contributed by atoms with Gasteiger partial charge in [-0.3, -0.25) is 4.98 Å². The van der Waals surface area contributed by atoms with Crippen LogP contribution in [0.15, 0.2) is 18.5 Å². The Balaban J connectivity index is 1.91. The van der Waals surface area contributed by atoms with E-state index in [1.807, 2.05) is 18.5 Å². The van der Waals surface area contributed by atoms with Gasteiger partial charge in [0.25, 0.3) is 0 Å². The van der Waals surface area contributed by atoms with Crippen molar-refractivity contribution in [2.75, 3.05) is 10.6 Å². The van der Waals surface area contributed by atoms with Crippen molar-refractivity contribution in [2.45, 2.75) is 37.8 Å². The lowest BCUT2D eigenvalue weighted by molar-refractivity contribution is 0.418. The van der Waals surface area contributed by atoms with E-state index in [0.717, 1.165) is 5.69 Å². The maximum atomic E-state index is 4.13. The number of aromatic nitrogens is 1. The molecule has 3 nitrogen and oxygen atoms in total. The van der Waals surface area contributed by atoms with Gasteiger partial charge in [0.1, 0.15) is 0 Å². The molecule has 0 unspecified atom stereocenters. The predicted octanol–water partition coefficient (Wildman–Crippen LogP) is 2.23. The fraction of sp³-hybridized carbons (Fsp3) is 0.545. The highest BCUT2D eigenvalue weighted by Gasteiger charge is 2.29. The molecule has 0 radical (unpaired) electrons. The summed E-state index contributed by atoms with van der Waals surface area (Å²) in [6, 6.07) is 3.28. The highest BCUT2D eigenvalue weighted by molar-refractivity contribution is 5.70. The van der Waals surface area contributed by atoms with E-state index in [1.54, 1.807) is 0 Å². The van der Waals surface area contributed by atoms with Crippen molar-refractivity contribution >= 4 is 11.4 Å². The Morgan fingerprint density at radius 3 is 2.57 bits per heavy atom. The van der Waals surface area contributed by atoms with Crippen LogP contribution in [0, 0.1) is 0 Å². The van der Waals surface area contributed by atoms with Crippen LogP contribution in [0.1, 0.15) is 25.7 Å². The lowest BCUT2D eigenvalue weighted by atomic mass is 9.88. The van der Waals surface area contributed by atoms with Crippen LogP contribution >= 0.6 is 0 Å². The quantitative estimate of drug-likeness (QED) is 0.657. The molecule has 3 heteroatoms. The van der Waals surface area contributed by atoms with E-state index >= 15 is 0 Å². The third-order valence-electron chi connectivity index (χ3n) is 3.27. The zero-order valence-corrected chi connectivity index (χ0v) is 8.16. The van der Waals surface area contributed by atoms with Crippen molar-refractivity contribution in [3.8, 4) is 0 Å². The smallest absolute Gasteiger partial charge is 0.0765 e. The fourth-order valence-electron chi connectivity index (χ4n) is 2.51. The monoisotopic (exact) mass is 189 g/mol. The average molecular weight is 189 g/mol. The van der Waals surface area contributed by atoms with E-state index in [4.69, 9.17) is 0 Å². The first-order valence-corrected chi connectivity index (χ1v) is 5.40. The standard InChI is InChI=1S/C11H15N3/c1-2-4-9-8(3-1)13-10-5-6-12-7-11(10)14-9/h5-9,13-14H,1-4H2/t8-,9+/m0/s1. The predicted molar refractivity (Wildman–Crippen MR) is 57.5 cm³/mol.